The van der Waals surface area contributed by atoms with Gasteiger partial charge in [-0.25, -0.2) is 0 Å². The molecule has 1 aliphatic heterocycles. The average Bonchev–Trinajstić information content (AvgIpc) is 2.24. The predicted molar refractivity (Wildman–Crippen MR) is 64.4 cm³/mol. The van der Waals surface area contributed by atoms with E-state index in [2.05, 4.69) is 37.4 Å². The Labute approximate surface area is 95.4 Å². The molecule has 1 heterocycles. The van der Waals surface area contributed by atoms with E-state index in [1.807, 2.05) is 11.8 Å². The fourth-order valence-corrected chi connectivity index (χ4v) is 2.77. The number of nitrogens with one attached hydrogen (secondary N) is 1. The van der Waals surface area contributed by atoms with Crippen molar-refractivity contribution in [3.05, 3.63) is 29.3 Å². The Morgan fingerprint density at radius 3 is 2.93 bits per heavy atom. The standard InChI is InChI=1S/C12H17NOS/c1-9-3-4-11(10(2)7-9)15-12-8-14-6-5-13-12/h3-4,7,12-13H,5-6,8H2,1-2H3. The highest BCUT2D eigenvalue weighted by atomic mass is 32.2. The minimum atomic E-state index is 0.403. The summed E-state index contributed by atoms with van der Waals surface area (Å²) < 4.78 is 5.43. The molecule has 0 aromatic heterocycles. The highest BCUT2D eigenvalue weighted by Crippen LogP contribution is 2.26. The van der Waals surface area contributed by atoms with E-state index in [1.165, 1.54) is 16.0 Å². The smallest absolute Gasteiger partial charge is 0.0817 e. The number of hydrogen-bond acceptors (Lipinski definition) is 3. The highest BCUT2D eigenvalue weighted by Gasteiger charge is 2.14. The van der Waals surface area contributed by atoms with Gasteiger partial charge in [0.25, 0.3) is 0 Å². The lowest BCUT2D eigenvalue weighted by Gasteiger charge is -2.23. The molecule has 0 saturated carbocycles. The molecule has 1 aromatic rings. The zero-order chi connectivity index (χ0) is 10.7. The largest absolute Gasteiger partial charge is 0.378 e. The van der Waals surface area contributed by atoms with Crippen LogP contribution in [0, 0.1) is 13.8 Å². The molecule has 1 atom stereocenters. The monoisotopic (exact) mass is 223 g/mol. The zero-order valence-electron chi connectivity index (χ0n) is 9.25. The molecule has 0 aliphatic carbocycles. The van der Waals surface area contributed by atoms with E-state index in [0.717, 1.165) is 19.8 Å². The minimum Gasteiger partial charge on any atom is -0.378 e. The lowest BCUT2D eigenvalue weighted by Crippen LogP contribution is -2.38. The van der Waals surface area contributed by atoms with Crippen molar-refractivity contribution in [2.45, 2.75) is 24.1 Å². The molecule has 2 nitrogen and oxygen atoms in total. The van der Waals surface area contributed by atoms with Crippen molar-refractivity contribution in [1.29, 1.82) is 0 Å². The van der Waals surface area contributed by atoms with Crippen LogP contribution in [0.2, 0.25) is 0 Å². The Morgan fingerprint density at radius 2 is 2.27 bits per heavy atom. The number of benzene rings is 1. The molecule has 0 amide bonds. The molecular weight excluding hydrogens is 206 g/mol. The van der Waals surface area contributed by atoms with Gasteiger partial charge < -0.3 is 10.1 Å². The Bertz CT molecular complexity index is 334. The van der Waals surface area contributed by atoms with E-state index < -0.39 is 0 Å². The van der Waals surface area contributed by atoms with E-state index in [0.29, 0.717) is 5.37 Å². The second-order valence-electron chi connectivity index (χ2n) is 3.90. The van der Waals surface area contributed by atoms with Gasteiger partial charge in [-0.05, 0) is 25.5 Å². The van der Waals surface area contributed by atoms with Gasteiger partial charge in [0.05, 0.1) is 18.6 Å². The molecule has 2 rings (SSSR count). The highest BCUT2D eigenvalue weighted by molar-refractivity contribution is 8.00. The summed E-state index contributed by atoms with van der Waals surface area (Å²) >= 11 is 1.86. The summed E-state index contributed by atoms with van der Waals surface area (Å²) in [6.45, 7) is 6.90. The SMILES string of the molecule is Cc1ccc(SC2COCCN2)c(C)c1. The van der Waals surface area contributed by atoms with Crippen molar-refractivity contribution in [2.75, 3.05) is 19.8 Å². The van der Waals surface area contributed by atoms with Gasteiger partial charge in [-0.3, -0.25) is 0 Å². The minimum absolute atomic E-state index is 0.403. The fraction of sp³-hybridized carbons (Fsp3) is 0.500. The van der Waals surface area contributed by atoms with Crippen molar-refractivity contribution < 1.29 is 4.74 Å². The second kappa shape index (κ2) is 5.01. The van der Waals surface area contributed by atoms with Crippen molar-refractivity contribution in [3.8, 4) is 0 Å². The van der Waals surface area contributed by atoms with Crippen LogP contribution >= 0.6 is 11.8 Å². The first kappa shape index (κ1) is 11.0. The van der Waals surface area contributed by atoms with Crippen molar-refractivity contribution in [3.63, 3.8) is 0 Å². The Balaban J connectivity index is 2.03. The van der Waals surface area contributed by atoms with E-state index in [1.54, 1.807) is 0 Å². The van der Waals surface area contributed by atoms with Gasteiger partial charge in [0.1, 0.15) is 0 Å². The lowest BCUT2D eigenvalue weighted by molar-refractivity contribution is 0.100. The van der Waals surface area contributed by atoms with E-state index in [-0.39, 0.29) is 0 Å². The summed E-state index contributed by atoms with van der Waals surface area (Å²) in [7, 11) is 0. The van der Waals surface area contributed by atoms with Crippen molar-refractivity contribution >= 4 is 11.8 Å². The molecule has 15 heavy (non-hydrogen) atoms. The first-order valence-corrected chi connectivity index (χ1v) is 6.19. The van der Waals surface area contributed by atoms with Crippen molar-refractivity contribution in [1.82, 2.24) is 5.32 Å². The second-order valence-corrected chi connectivity index (χ2v) is 5.15. The Kier molecular flexibility index (Phi) is 3.67. The van der Waals surface area contributed by atoms with Crippen LogP contribution in [0.3, 0.4) is 0 Å². The molecule has 3 heteroatoms. The summed E-state index contributed by atoms with van der Waals surface area (Å²) in [4.78, 5) is 1.35. The van der Waals surface area contributed by atoms with Gasteiger partial charge in [-0.1, -0.05) is 17.7 Å². The first-order chi connectivity index (χ1) is 7.25. The maximum absolute atomic E-state index is 5.43. The molecule has 0 spiro atoms. The molecule has 1 N–H and O–H groups in total. The van der Waals surface area contributed by atoms with E-state index >= 15 is 0 Å². The van der Waals surface area contributed by atoms with Gasteiger partial charge in [-0.15, -0.1) is 11.8 Å². The summed E-state index contributed by atoms with van der Waals surface area (Å²) in [6.07, 6.45) is 0. The normalized spacial score (nSPS) is 21.6. The molecule has 1 saturated heterocycles. The maximum atomic E-state index is 5.43. The molecule has 1 fully saturated rings. The van der Waals surface area contributed by atoms with Crippen LogP contribution in [0.4, 0.5) is 0 Å². The van der Waals surface area contributed by atoms with Crippen LogP contribution in [0.1, 0.15) is 11.1 Å². The third kappa shape index (κ3) is 2.97. The van der Waals surface area contributed by atoms with Gasteiger partial charge in [0, 0.05) is 11.4 Å². The molecule has 1 unspecified atom stereocenters. The van der Waals surface area contributed by atoms with Gasteiger partial charge in [0.15, 0.2) is 0 Å². The molecule has 0 bridgehead atoms. The number of morpholine rings is 1. The number of ether oxygens (including phenoxy) is 1. The molecular formula is C12H17NOS. The summed E-state index contributed by atoms with van der Waals surface area (Å²) in [6, 6.07) is 6.59. The van der Waals surface area contributed by atoms with Crippen LogP contribution in [0.15, 0.2) is 23.1 Å². The molecule has 0 radical (unpaired) electrons. The number of rotatable bonds is 2. The predicted octanol–water partition coefficient (Wildman–Crippen LogP) is 2.34. The third-order valence-corrected chi connectivity index (χ3v) is 3.79. The Morgan fingerprint density at radius 1 is 1.40 bits per heavy atom. The van der Waals surface area contributed by atoms with Crippen LogP contribution in [0.25, 0.3) is 0 Å². The quantitative estimate of drug-likeness (QED) is 0.831. The zero-order valence-corrected chi connectivity index (χ0v) is 10.1. The molecule has 82 valence electrons. The number of thioether (sulfide) groups is 1. The van der Waals surface area contributed by atoms with E-state index in [9.17, 15) is 0 Å². The van der Waals surface area contributed by atoms with Gasteiger partial charge in [-0.2, -0.15) is 0 Å². The summed E-state index contributed by atoms with van der Waals surface area (Å²) in [5.74, 6) is 0. The van der Waals surface area contributed by atoms with Crippen LogP contribution in [-0.4, -0.2) is 25.1 Å². The average molecular weight is 223 g/mol. The van der Waals surface area contributed by atoms with Crippen LogP contribution < -0.4 is 5.32 Å². The van der Waals surface area contributed by atoms with Crippen molar-refractivity contribution in [2.24, 2.45) is 0 Å². The van der Waals surface area contributed by atoms with Gasteiger partial charge >= 0.3 is 0 Å². The first-order valence-electron chi connectivity index (χ1n) is 5.31. The fourth-order valence-electron chi connectivity index (χ4n) is 1.70. The Hall–Kier alpha value is -0.510. The van der Waals surface area contributed by atoms with Gasteiger partial charge in [0.2, 0.25) is 0 Å². The third-order valence-electron chi connectivity index (χ3n) is 2.49. The summed E-state index contributed by atoms with van der Waals surface area (Å²) in [5.41, 5.74) is 2.68. The molecule has 1 aromatic carbocycles. The lowest BCUT2D eigenvalue weighted by atomic mass is 10.2. The van der Waals surface area contributed by atoms with Crippen LogP contribution in [0.5, 0.6) is 0 Å². The topological polar surface area (TPSA) is 21.3 Å². The molecule has 1 aliphatic rings. The maximum Gasteiger partial charge on any atom is 0.0817 e. The van der Waals surface area contributed by atoms with Crippen LogP contribution in [-0.2, 0) is 4.74 Å². The number of hydrogen-bond donors (Lipinski definition) is 1. The number of aryl methyl sites for hydroxylation is 2. The summed E-state index contributed by atoms with van der Waals surface area (Å²) in [5, 5.41) is 3.85. The van der Waals surface area contributed by atoms with E-state index in [4.69, 9.17) is 4.74 Å².